The summed E-state index contributed by atoms with van der Waals surface area (Å²) in [6.07, 6.45) is 10.1. The quantitative estimate of drug-likeness (QED) is 0.467. The van der Waals surface area contributed by atoms with E-state index in [4.69, 9.17) is 4.74 Å². The maximum absolute atomic E-state index is 10.2. The van der Waals surface area contributed by atoms with Crippen LogP contribution in [-0.4, -0.2) is 43.2 Å². The number of rotatable bonds is 9. The number of unbranched alkanes of at least 4 members (excludes halogenated alkanes) is 3. The van der Waals surface area contributed by atoms with Gasteiger partial charge in [0.25, 0.3) is 0 Å². The zero-order valence-electron chi connectivity index (χ0n) is 11.7. The second-order valence-corrected chi connectivity index (χ2v) is 5.05. The monoisotopic (exact) mass is 253 g/mol. The first-order valence-electron chi connectivity index (χ1n) is 7.39. The van der Waals surface area contributed by atoms with E-state index in [2.05, 4.69) is 11.8 Å². The van der Waals surface area contributed by atoms with Gasteiger partial charge in [0.15, 0.2) is 0 Å². The second-order valence-electron chi connectivity index (χ2n) is 5.05. The first kappa shape index (κ1) is 15.4. The van der Waals surface area contributed by atoms with Crippen molar-refractivity contribution in [3.8, 4) is 0 Å². The highest BCUT2D eigenvalue weighted by atomic mass is 16.5. The van der Waals surface area contributed by atoms with Crippen LogP contribution < -0.4 is 0 Å². The van der Waals surface area contributed by atoms with Gasteiger partial charge in [0.2, 0.25) is 0 Å². The molecule has 3 heteroatoms. The van der Waals surface area contributed by atoms with Gasteiger partial charge in [0.1, 0.15) is 5.94 Å². The minimum Gasteiger partial charge on any atom is -0.379 e. The molecule has 104 valence electrons. The fraction of sp³-hybridized carbons (Fsp3) is 0.867. The molecule has 1 aliphatic rings. The van der Waals surface area contributed by atoms with Crippen LogP contribution in [0.2, 0.25) is 0 Å². The Morgan fingerprint density at radius 2 is 2.00 bits per heavy atom. The Balaban J connectivity index is 2.32. The van der Waals surface area contributed by atoms with Gasteiger partial charge >= 0.3 is 0 Å². The van der Waals surface area contributed by atoms with Gasteiger partial charge in [-0.15, -0.1) is 0 Å². The summed E-state index contributed by atoms with van der Waals surface area (Å²) in [5.74, 6) is 1.88. The van der Waals surface area contributed by atoms with Crippen LogP contribution in [0.25, 0.3) is 0 Å². The molecule has 0 aromatic rings. The van der Waals surface area contributed by atoms with E-state index in [1.165, 1.54) is 32.1 Å². The third kappa shape index (κ3) is 6.34. The summed E-state index contributed by atoms with van der Waals surface area (Å²) in [5, 5.41) is 0. The number of hydrogen-bond acceptors (Lipinski definition) is 3. The van der Waals surface area contributed by atoms with E-state index < -0.39 is 0 Å². The average molecular weight is 253 g/mol. The standard InChI is InChI=1S/C15H27NO2/c1-2-3-4-5-8-15(9-6-7-12-17)16-10-13-18-14-11-16/h7,15H,2-6,8-11,13-14H2,1H3. The van der Waals surface area contributed by atoms with Crippen LogP contribution in [0.5, 0.6) is 0 Å². The first-order chi connectivity index (χ1) is 8.88. The lowest BCUT2D eigenvalue weighted by Crippen LogP contribution is -2.43. The van der Waals surface area contributed by atoms with Gasteiger partial charge in [0.05, 0.1) is 13.2 Å². The van der Waals surface area contributed by atoms with Gasteiger partial charge < -0.3 is 4.74 Å². The van der Waals surface area contributed by atoms with Crippen LogP contribution in [0.15, 0.2) is 6.08 Å². The smallest absolute Gasteiger partial charge is 0.120 e. The lowest BCUT2D eigenvalue weighted by molar-refractivity contribution is 0.0126. The van der Waals surface area contributed by atoms with Gasteiger partial charge in [-0.2, -0.15) is 0 Å². The molecule has 1 aliphatic heterocycles. The molecular formula is C15H27NO2. The van der Waals surface area contributed by atoms with Crippen molar-refractivity contribution < 1.29 is 9.53 Å². The number of ether oxygens (including phenoxy) is 1. The molecule has 18 heavy (non-hydrogen) atoms. The molecule has 1 rings (SSSR count). The molecule has 0 aromatic heterocycles. The molecule has 0 spiro atoms. The third-order valence-electron chi connectivity index (χ3n) is 3.68. The van der Waals surface area contributed by atoms with Crippen molar-refractivity contribution >= 4 is 5.94 Å². The SMILES string of the molecule is CCCCCCC(CCC=C=O)N1CCOCC1. The summed E-state index contributed by atoms with van der Waals surface area (Å²) in [7, 11) is 0. The molecule has 0 aliphatic carbocycles. The summed E-state index contributed by atoms with van der Waals surface area (Å²) in [4.78, 5) is 12.8. The molecule has 0 aromatic carbocycles. The lowest BCUT2D eigenvalue weighted by atomic mass is 10.0. The fourth-order valence-electron chi connectivity index (χ4n) is 2.59. The van der Waals surface area contributed by atoms with E-state index in [0.717, 1.165) is 39.1 Å². The van der Waals surface area contributed by atoms with E-state index in [9.17, 15) is 4.79 Å². The highest BCUT2D eigenvalue weighted by molar-refractivity contribution is 5.44. The Kier molecular flexibility index (Phi) is 8.83. The van der Waals surface area contributed by atoms with E-state index in [1.54, 1.807) is 6.08 Å². The predicted octanol–water partition coefficient (Wildman–Crippen LogP) is 2.83. The van der Waals surface area contributed by atoms with E-state index >= 15 is 0 Å². The van der Waals surface area contributed by atoms with Crippen LogP contribution in [0, 0.1) is 0 Å². The van der Waals surface area contributed by atoms with Gasteiger partial charge in [-0.25, -0.2) is 4.79 Å². The van der Waals surface area contributed by atoms with Crippen LogP contribution >= 0.6 is 0 Å². The largest absolute Gasteiger partial charge is 0.379 e. The predicted molar refractivity (Wildman–Crippen MR) is 74.4 cm³/mol. The number of morpholine rings is 1. The molecule has 1 fully saturated rings. The molecule has 0 amide bonds. The molecule has 0 bridgehead atoms. The third-order valence-corrected chi connectivity index (χ3v) is 3.68. The van der Waals surface area contributed by atoms with E-state index in [1.807, 2.05) is 5.94 Å². The molecule has 1 unspecified atom stereocenters. The highest BCUT2D eigenvalue weighted by Crippen LogP contribution is 2.17. The minimum absolute atomic E-state index is 0.621. The average Bonchev–Trinajstić information content (AvgIpc) is 2.42. The Labute approximate surface area is 111 Å². The maximum Gasteiger partial charge on any atom is 0.120 e. The maximum atomic E-state index is 10.2. The molecule has 3 nitrogen and oxygen atoms in total. The molecule has 1 heterocycles. The van der Waals surface area contributed by atoms with Crippen LogP contribution in [0.4, 0.5) is 0 Å². The van der Waals surface area contributed by atoms with E-state index in [0.29, 0.717) is 6.04 Å². The van der Waals surface area contributed by atoms with Gasteiger partial charge in [0, 0.05) is 19.1 Å². The zero-order chi connectivity index (χ0) is 13.1. The number of allylic oxidation sites excluding steroid dienone is 1. The lowest BCUT2D eigenvalue weighted by Gasteiger charge is -2.34. The van der Waals surface area contributed by atoms with Crippen molar-refractivity contribution in [3.63, 3.8) is 0 Å². The summed E-state index contributed by atoms with van der Waals surface area (Å²) >= 11 is 0. The Morgan fingerprint density at radius 3 is 2.67 bits per heavy atom. The number of nitrogens with zero attached hydrogens (tertiary/aromatic N) is 1. The summed E-state index contributed by atoms with van der Waals surface area (Å²) in [5.41, 5.74) is 0. The Hall–Kier alpha value is -0.630. The van der Waals surface area contributed by atoms with Crippen LogP contribution in [-0.2, 0) is 9.53 Å². The van der Waals surface area contributed by atoms with E-state index in [-0.39, 0.29) is 0 Å². The highest BCUT2D eigenvalue weighted by Gasteiger charge is 2.19. The molecule has 1 saturated heterocycles. The zero-order valence-corrected chi connectivity index (χ0v) is 11.7. The topological polar surface area (TPSA) is 29.5 Å². The molecule has 0 saturated carbocycles. The fourth-order valence-corrected chi connectivity index (χ4v) is 2.59. The minimum atomic E-state index is 0.621. The Bertz CT molecular complexity index is 243. The van der Waals surface area contributed by atoms with Crippen molar-refractivity contribution in [2.75, 3.05) is 26.3 Å². The number of hydrogen-bond donors (Lipinski definition) is 0. The molecule has 0 N–H and O–H groups in total. The second kappa shape index (κ2) is 10.3. The summed E-state index contributed by atoms with van der Waals surface area (Å²) in [6.45, 7) is 6.05. The molecule has 1 atom stereocenters. The summed E-state index contributed by atoms with van der Waals surface area (Å²) < 4.78 is 5.41. The first-order valence-corrected chi connectivity index (χ1v) is 7.39. The van der Waals surface area contributed by atoms with Crippen LogP contribution in [0.3, 0.4) is 0 Å². The Morgan fingerprint density at radius 1 is 1.22 bits per heavy atom. The normalized spacial score (nSPS) is 18.3. The van der Waals surface area contributed by atoms with Crippen molar-refractivity contribution in [2.24, 2.45) is 0 Å². The van der Waals surface area contributed by atoms with Gasteiger partial charge in [-0.1, -0.05) is 32.6 Å². The van der Waals surface area contributed by atoms with Crippen molar-refractivity contribution in [1.82, 2.24) is 4.90 Å². The van der Waals surface area contributed by atoms with Crippen LogP contribution in [0.1, 0.15) is 51.9 Å². The van der Waals surface area contributed by atoms with Crippen molar-refractivity contribution in [2.45, 2.75) is 57.9 Å². The number of carbonyl (C=O) groups excluding carboxylic acids is 1. The van der Waals surface area contributed by atoms with Gasteiger partial charge in [-0.05, 0) is 25.3 Å². The molecule has 0 radical (unpaired) electrons. The van der Waals surface area contributed by atoms with Crippen molar-refractivity contribution in [1.29, 1.82) is 0 Å². The van der Waals surface area contributed by atoms with Gasteiger partial charge in [-0.3, -0.25) is 4.90 Å². The van der Waals surface area contributed by atoms with Crippen molar-refractivity contribution in [3.05, 3.63) is 6.08 Å². The summed E-state index contributed by atoms with van der Waals surface area (Å²) in [6, 6.07) is 0.621. The molecular weight excluding hydrogens is 226 g/mol.